The van der Waals surface area contributed by atoms with Crippen molar-refractivity contribution in [3.8, 4) is 39.1 Å². The standard InChI is InChI=1S/C61H48N2/c1-3-4-20-43-21-10-16-29-56(43)63-58-30-17-15-24-49(58)55-41-47(34-38-59(55)63)46-33-37-57-54(40-46)42(2)19-7-6-18-39-62(57)48-35-31-45(32-36-48)61-52-27-13-11-25-50(52)60(44-22-8-5-9-23-44)51-26-12-14-28-53(51)61/h5-19,21-38,40-41H,2-4,20,39H2,1H3/b18-6-,19-7-. The van der Waals surface area contributed by atoms with Gasteiger partial charge in [-0.25, -0.2) is 0 Å². The van der Waals surface area contributed by atoms with Gasteiger partial charge in [-0.05, 0) is 127 Å². The first-order valence-corrected chi connectivity index (χ1v) is 22.3. The van der Waals surface area contributed by atoms with Gasteiger partial charge >= 0.3 is 0 Å². The Kier molecular flexibility index (Phi) is 9.90. The van der Waals surface area contributed by atoms with Crippen LogP contribution in [0.3, 0.4) is 0 Å². The van der Waals surface area contributed by atoms with Gasteiger partial charge in [0.2, 0.25) is 0 Å². The van der Waals surface area contributed by atoms with Crippen LogP contribution in [0.15, 0.2) is 219 Å². The van der Waals surface area contributed by atoms with Gasteiger partial charge in [-0.1, -0.05) is 184 Å². The van der Waals surface area contributed by atoms with Crippen molar-refractivity contribution in [2.45, 2.75) is 26.2 Å². The molecule has 63 heavy (non-hydrogen) atoms. The number of unbranched alkanes of at least 4 members (excludes halogenated alkanes) is 1. The Labute approximate surface area is 370 Å². The molecular weight excluding hydrogens is 761 g/mol. The van der Waals surface area contributed by atoms with Crippen LogP contribution in [0.1, 0.15) is 30.9 Å². The summed E-state index contributed by atoms with van der Waals surface area (Å²) in [5.74, 6) is 0. The van der Waals surface area contributed by atoms with Crippen LogP contribution in [0.5, 0.6) is 0 Å². The second-order valence-electron chi connectivity index (χ2n) is 16.7. The Morgan fingerprint density at radius 3 is 1.76 bits per heavy atom. The number of aryl methyl sites for hydroxylation is 1. The van der Waals surface area contributed by atoms with Crippen molar-refractivity contribution < 1.29 is 0 Å². The summed E-state index contributed by atoms with van der Waals surface area (Å²) in [4.78, 5) is 2.42. The van der Waals surface area contributed by atoms with Gasteiger partial charge in [-0.3, -0.25) is 0 Å². The maximum atomic E-state index is 4.61. The normalized spacial score (nSPS) is 13.9. The van der Waals surface area contributed by atoms with Crippen molar-refractivity contribution in [2.75, 3.05) is 11.4 Å². The third kappa shape index (κ3) is 6.76. The molecule has 302 valence electrons. The van der Waals surface area contributed by atoms with Crippen molar-refractivity contribution in [1.82, 2.24) is 4.57 Å². The highest BCUT2D eigenvalue weighted by Crippen LogP contribution is 2.45. The molecule has 0 aliphatic carbocycles. The lowest BCUT2D eigenvalue weighted by Crippen LogP contribution is -2.18. The Bertz CT molecular complexity index is 3360. The van der Waals surface area contributed by atoms with Crippen LogP contribution in [0.25, 0.3) is 88.0 Å². The summed E-state index contributed by atoms with van der Waals surface area (Å²) in [5, 5.41) is 7.57. The first-order chi connectivity index (χ1) is 31.2. The second kappa shape index (κ2) is 16.3. The van der Waals surface area contributed by atoms with E-state index in [0.717, 1.165) is 35.5 Å². The van der Waals surface area contributed by atoms with Crippen LogP contribution < -0.4 is 4.90 Å². The molecule has 1 aliphatic heterocycles. The Morgan fingerprint density at radius 2 is 1.05 bits per heavy atom. The minimum Gasteiger partial charge on any atom is -0.337 e. The Morgan fingerprint density at radius 1 is 0.476 bits per heavy atom. The van der Waals surface area contributed by atoms with E-state index in [2.05, 4.69) is 235 Å². The van der Waals surface area contributed by atoms with E-state index in [-0.39, 0.29) is 0 Å². The van der Waals surface area contributed by atoms with Gasteiger partial charge in [0.25, 0.3) is 0 Å². The van der Waals surface area contributed by atoms with E-state index in [9.17, 15) is 0 Å². The van der Waals surface area contributed by atoms with Gasteiger partial charge in [0.05, 0.1) is 11.0 Å². The van der Waals surface area contributed by atoms with E-state index in [1.807, 2.05) is 0 Å². The predicted octanol–water partition coefficient (Wildman–Crippen LogP) is 16.7. The summed E-state index contributed by atoms with van der Waals surface area (Å²) in [7, 11) is 0. The maximum absolute atomic E-state index is 4.61. The highest BCUT2D eigenvalue weighted by atomic mass is 15.1. The molecule has 0 amide bonds. The second-order valence-corrected chi connectivity index (χ2v) is 16.7. The van der Waals surface area contributed by atoms with Crippen LogP contribution in [-0.2, 0) is 6.42 Å². The molecule has 0 saturated carbocycles. The first-order valence-electron chi connectivity index (χ1n) is 22.3. The number of hydrogen-bond acceptors (Lipinski definition) is 1. The van der Waals surface area contributed by atoms with Gasteiger partial charge in [0.1, 0.15) is 0 Å². The van der Waals surface area contributed by atoms with Crippen molar-refractivity contribution in [3.05, 3.63) is 230 Å². The van der Waals surface area contributed by atoms with Crippen LogP contribution in [0, 0.1) is 0 Å². The summed E-state index contributed by atoms with van der Waals surface area (Å²) >= 11 is 0. The van der Waals surface area contributed by atoms with E-state index in [1.54, 1.807) is 0 Å². The van der Waals surface area contributed by atoms with Crippen molar-refractivity contribution in [3.63, 3.8) is 0 Å². The average Bonchev–Trinajstić information content (AvgIpc) is 3.70. The molecule has 2 heteroatoms. The van der Waals surface area contributed by atoms with E-state index >= 15 is 0 Å². The molecule has 0 bridgehead atoms. The van der Waals surface area contributed by atoms with Crippen LogP contribution in [-0.4, -0.2) is 11.1 Å². The zero-order chi connectivity index (χ0) is 42.3. The maximum Gasteiger partial charge on any atom is 0.0541 e. The fourth-order valence-corrected chi connectivity index (χ4v) is 9.94. The third-order valence-electron chi connectivity index (χ3n) is 13.0. The number of fused-ring (bicyclic) bond motifs is 6. The topological polar surface area (TPSA) is 8.17 Å². The highest BCUT2D eigenvalue weighted by Gasteiger charge is 2.20. The average molecular weight is 809 g/mol. The van der Waals surface area contributed by atoms with Gasteiger partial charge in [-0.15, -0.1) is 0 Å². The fourth-order valence-electron chi connectivity index (χ4n) is 9.94. The molecule has 0 N–H and O–H groups in total. The molecule has 0 saturated heterocycles. The first kappa shape index (κ1) is 38.3. The number of allylic oxidation sites excluding steroid dienone is 4. The summed E-state index contributed by atoms with van der Waals surface area (Å²) in [6.07, 6.45) is 12.0. The molecule has 2 heterocycles. The molecule has 1 aliphatic rings. The van der Waals surface area contributed by atoms with E-state index in [4.69, 9.17) is 0 Å². The number of aromatic nitrogens is 1. The van der Waals surface area contributed by atoms with Crippen molar-refractivity contribution >= 4 is 60.3 Å². The smallest absolute Gasteiger partial charge is 0.0541 e. The number of para-hydroxylation sites is 2. The summed E-state index contributed by atoms with van der Waals surface area (Å²) in [5.41, 5.74) is 16.9. The Balaban J connectivity index is 0.997. The zero-order valence-electron chi connectivity index (χ0n) is 35.6. The van der Waals surface area contributed by atoms with Crippen molar-refractivity contribution in [1.29, 1.82) is 0 Å². The molecule has 9 aromatic carbocycles. The number of rotatable bonds is 8. The molecule has 0 atom stereocenters. The minimum absolute atomic E-state index is 0.728. The molecule has 2 nitrogen and oxygen atoms in total. The zero-order valence-corrected chi connectivity index (χ0v) is 35.6. The lowest BCUT2D eigenvalue weighted by molar-refractivity contribution is 0.791. The predicted molar refractivity (Wildman–Crippen MR) is 271 cm³/mol. The van der Waals surface area contributed by atoms with E-state index in [0.29, 0.717) is 0 Å². The third-order valence-corrected chi connectivity index (χ3v) is 13.0. The molecule has 11 rings (SSSR count). The van der Waals surface area contributed by atoms with E-state index < -0.39 is 0 Å². The monoisotopic (exact) mass is 808 g/mol. The molecule has 0 fully saturated rings. The molecule has 10 aromatic rings. The number of nitrogens with zero attached hydrogens (tertiary/aromatic N) is 2. The molecular formula is C61H48N2. The molecule has 1 aromatic heterocycles. The number of anilines is 2. The fraction of sp³-hybridized carbons (Fsp3) is 0.0820. The molecule has 0 spiro atoms. The molecule has 0 unspecified atom stereocenters. The van der Waals surface area contributed by atoms with Gasteiger partial charge in [-0.2, -0.15) is 0 Å². The summed E-state index contributed by atoms with van der Waals surface area (Å²) in [6, 6.07) is 69.4. The lowest BCUT2D eigenvalue weighted by Gasteiger charge is -2.27. The number of hydrogen-bond donors (Lipinski definition) is 0. The summed E-state index contributed by atoms with van der Waals surface area (Å²) < 4.78 is 2.47. The van der Waals surface area contributed by atoms with Crippen LogP contribution in [0.4, 0.5) is 11.4 Å². The number of benzene rings is 9. The van der Waals surface area contributed by atoms with E-state index in [1.165, 1.54) is 101 Å². The summed E-state index contributed by atoms with van der Waals surface area (Å²) in [6.45, 7) is 7.60. The van der Waals surface area contributed by atoms with Gasteiger partial charge in [0, 0.05) is 39.9 Å². The Hall–Kier alpha value is -7.68. The lowest BCUT2D eigenvalue weighted by atomic mass is 9.86. The van der Waals surface area contributed by atoms with Gasteiger partial charge in [0.15, 0.2) is 0 Å². The van der Waals surface area contributed by atoms with Crippen LogP contribution >= 0.6 is 0 Å². The highest BCUT2D eigenvalue weighted by molar-refractivity contribution is 6.21. The largest absolute Gasteiger partial charge is 0.337 e. The quantitative estimate of drug-likeness (QED) is 0.139. The molecule has 0 radical (unpaired) electrons. The SMILES string of the molecule is C=C1/C=C\C=C/CN(c2ccc(-c3c4ccccc4c(-c4ccccc4)c4ccccc34)cc2)c2ccc(-c3ccc4c(c3)c3ccccc3n4-c3ccccc3CCCC)cc21. The van der Waals surface area contributed by atoms with Crippen molar-refractivity contribution in [2.24, 2.45) is 0 Å². The minimum atomic E-state index is 0.728. The van der Waals surface area contributed by atoms with Crippen LogP contribution in [0.2, 0.25) is 0 Å². The van der Waals surface area contributed by atoms with Gasteiger partial charge < -0.3 is 9.47 Å².